The molecule has 0 saturated carbocycles. The van der Waals surface area contributed by atoms with E-state index >= 15 is 0 Å². The Morgan fingerprint density at radius 3 is 2.72 bits per heavy atom. The van der Waals surface area contributed by atoms with Crippen molar-refractivity contribution in [3.8, 4) is 5.75 Å². The first-order chi connectivity index (χ1) is 8.79. The van der Waals surface area contributed by atoms with Crippen LogP contribution in [0.1, 0.15) is 11.4 Å². The Labute approximate surface area is 114 Å². The second-order valence-electron chi connectivity index (χ2n) is 3.74. The molecule has 0 aliphatic carbocycles. The molecule has 0 radical (unpaired) electrons. The first-order valence-corrected chi connectivity index (χ1v) is 6.46. The molecule has 0 aliphatic rings. The molecule has 0 spiro atoms. The molecular formula is C13H14BrN3O. The maximum Gasteiger partial charge on any atom is 0.166 e. The van der Waals surface area contributed by atoms with Crippen LogP contribution in [0.3, 0.4) is 0 Å². The van der Waals surface area contributed by atoms with Gasteiger partial charge in [0.05, 0.1) is 0 Å². The molecule has 0 unspecified atom stereocenters. The van der Waals surface area contributed by atoms with Crippen LogP contribution >= 0.6 is 15.9 Å². The van der Waals surface area contributed by atoms with Crippen LogP contribution in [-0.2, 0) is 13.0 Å². The zero-order chi connectivity index (χ0) is 12.8. The lowest BCUT2D eigenvalue weighted by molar-refractivity contribution is 0.292. The van der Waals surface area contributed by atoms with Gasteiger partial charge >= 0.3 is 0 Å². The Hall–Kier alpha value is -1.46. The number of hydrogen-bond acceptors (Lipinski definition) is 4. The number of benzene rings is 1. The lowest BCUT2D eigenvalue weighted by Gasteiger charge is -2.10. The minimum Gasteiger partial charge on any atom is -0.485 e. The highest BCUT2D eigenvalue weighted by Gasteiger charge is 2.05. The first kappa shape index (κ1) is 13.0. The van der Waals surface area contributed by atoms with Crippen molar-refractivity contribution in [3.05, 3.63) is 52.5 Å². The summed E-state index contributed by atoms with van der Waals surface area (Å²) in [6.45, 7) is 0.953. The lowest BCUT2D eigenvalue weighted by atomic mass is 10.1. The monoisotopic (exact) mass is 307 g/mol. The van der Waals surface area contributed by atoms with E-state index in [1.165, 1.54) is 0 Å². The van der Waals surface area contributed by atoms with Gasteiger partial charge in [0.15, 0.2) is 5.82 Å². The SMILES string of the molecule is NCCc1cc(Br)ccc1OCc1ncccn1. The van der Waals surface area contributed by atoms with E-state index in [4.69, 9.17) is 10.5 Å². The van der Waals surface area contributed by atoms with E-state index in [0.29, 0.717) is 19.0 Å². The number of ether oxygens (including phenoxy) is 1. The molecule has 0 amide bonds. The number of aromatic nitrogens is 2. The molecule has 2 rings (SSSR count). The van der Waals surface area contributed by atoms with Crippen LogP contribution in [0.25, 0.3) is 0 Å². The van der Waals surface area contributed by atoms with E-state index in [2.05, 4.69) is 25.9 Å². The van der Waals surface area contributed by atoms with Gasteiger partial charge in [0.1, 0.15) is 12.4 Å². The third-order valence-corrected chi connectivity index (χ3v) is 2.91. The highest BCUT2D eigenvalue weighted by atomic mass is 79.9. The Kier molecular flexibility index (Phi) is 4.66. The van der Waals surface area contributed by atoms with Crippen molar-refractivity contribution < 1.29 is 4.74 Å². The molecule has 2 aromatic rings. The van der Waals surface area contributed by atoms with E-state index in [1.807, 2.05) is 18.2 Å². The van der Waals surface area contributed by atoms with E-state index < -0.39 is 0 Å². The van der Waals surface area contributed by atoms with Crippen LogP contribution < -0.4 is 10.5 Å². The molecule has 0 fully saturated rings. The van der Waals surface area contributed by atoms with E-state index in [-0.39, 0.29) is 0 Å². The van der Waals surface area contributed by atoms with Crippen LogP contribution in [0.15, 0.2) is 41.1 Å². The number of nitrogens with zero attached hydrogens (tertiary/aromatic N) is 2. The molecule has 0 bridgehead atoms. The van der Waals surface area contributed by atoms with Crippen LogP contribution in [0, 0.1) is 0 Å². The minimum atomic E-state index is 0.361. The van der Waals surface area contributed by atoms with E-state index in [9.17, 15) is 0 Å². The average Bonchev–Trinajstić information content (AvgIpc) is 2.39. The number of halogens is 1. The largest absolute Gasteiger partial charge is 0.485 e. The molecule has 5 heteroatoms. The van der Waals surface area contributed by atoms with Gasteiger partial charge in [-0.05, 0) is 42.8 Å². The summed E-state index contributed by atoms with van der Waals surface area (Å²) in [4.78, 5) is 8.23. The fourth-order valence-electron chi connectivity index (χ4n) is 1.59. The molecule has 1 heterocycles. The molecule has 1 aromatic heterocycles. The van der Waals surface area contributed by atoms with Gasteiger partial charge in [-0.3, -0.25) is 0 Å². The summed E-state index contributed by atoms with van der Waals surface area (Å²) in [5.41, 5.74) is 6.68. The predicted molar refractivity (Wildman–Crippen MR) is 73.3 cm³/mol. The highest BCUT2D eigenvalue weighted by Crippen LogP contribution is 2.24. The quantitative estimate of drug-likeness (QED) is 0.921. The average molecular weight is 308 g/mol. The Bertz CT molecular complexity index is 505. The summed E-state index contributed by atoms with van der Waals surface area (Å²) in [6.07, 6.45) is 4.19. The zero-order valence-corrected chi connectivity index (χ0v) is 11.4. The van der Waals surface area contributed by atoms with Gasteiger partial charge in [-0.15, -0.1) is 0 Å². The normalized spacial score (nSPS) is 10.3. The Morgan fingerprint density at radius 1 is 1.22 bits per heavy atom. The van der Waals surface area contributed by atoms with Gasteiger partial charge < -0.3 is 10.5 Å². The number of hydrogen-bond donors (Lipinski definition) is 1. The highest BCUT2D eigenvalue weighted by molar-refractivity contribution is 9.10. The molecule has 1 aromatic carbocycles. The smallest absolute Gasteiger partial charge is 0.166 e. The van der Waals surface area contributed by atoms with Gasteiger partial charge in [0.2, 0.25) is 0 Å². The van der Waals surface area contributed by atoms with Crippen LogP contribution in [-0.4, -0.2) is 16.5 Å². The fourth-order valence-corrected chi connectivity index (χ4v) is 2.00. The fraction of sp³-hybridized carbons (Fsp3) is 0.231. The van der Waals surface area contributed by atoms with Crippen molar-refractivity contribution in [1.82, 2.24) is 9.97 Å². The van der Waals surface area contributed by atoms with Crippen molar-refractivity contribution >= 4 is 15.9 Å². The standard InChI is InChI=1S/C13H14BrN3O/c14-11-2-3-12(10(8-11)4-5-15)18-9-13-16-6-1-7-17-13/h1-3,6-8H,4-5,9,15H2. The summed E-state index contributed by atoms with van der Waals surface area (Å²) in [5, 5.41) is 0. The summed E-state index contributed by atoms with van der Waals surface area (Å²) < 4.78 is 6.75. The van der Waals surface area contributed by atoms with Gasteiger partial charge in [-0.25, -0.2) is 9.97 Å². The minimum absolute atomic E-state index is 0.361. The molecule has 4 nitrogen and oxygen atoms in total. The molecule has 2 N–H and O–H groups in total. The van der Waals surface area contributed by atoms with Crippen molar-refractivity contribution in [2.24, 2.45) is 5.73 Å². The van der Waals surface area contributed by atoms with Gasteiger partial charge in [0.25, 0.3) is 0 Å². The summed E-state index contributed by atoms with van der Waals surface area (Å²) in [7, 11) is 0. The van der Waals surface area contributed by atoms with Crippen molar-refractivity contribution in [3.63, 3.8) is 0 Å². The summed E-state index contributed by atoms with van der Waals surface area (Å²) >= 11 is 3.44. The third-order valence-electron chi connectivity index (χ3n) is 2.41. The zero-order valence-electron chi connectivity index (χ0n) is 9.84. The molecule has 0 atom stereocenters. The molecular weight excluding hydrogens is 294 g/mol. The van der Waals surface area contributed by atoms with Gasteiger partial charge in [-0.1, -0.05) is 15.9 Å². The van der Waals surface area contributed by atoms with Crippen molar-refractivity contribution in [2.75, 3.05) is 6.54 Å². The van der Waals surface area contributed by atoms with Gasteiger partial charge in [0, 0.05) is 16.9 Å². The molecule has 0 aliphatic heterocycles. The summed E-state index contributed by atoms with van der Waals surface area (Å²) in [6, 6.07) is 7.68. The number of nitrogens with two attached hydrogens (primary N) is 1. The Morgan fingerprint density at radius 2 is 2.00 bits per heavy atom. The Balaban J connectivity index is 2.09. The summed E-state index contributed by atoms with van der Waals surface area (Å²) in [5.74, 6) is 1.50. The van der Waals surface area contributed by atoms with E-state index in [1.54, 1.807) is 18.5 Å². The first-order valence-electron chi connectivity index (χ1n) is 5.67. The second-order valence-corrected chi connectivity index (χ2v) is 4.66. The second kappa shape index (κ2) is 6.47. The van der Waals surface area contributed by atoms with Crippen LogP contribution in [0.4, 0.5) is 0 Å². The molecule has 0 saturated heterocycles. The predicted octanol–water partition coefficient (Wildman–Crippen LogP) is 2.32. The maximum atomic E-state index is 5.73. The van der Waals surface area contributed by atoms with Crippen LogP contribution in [0.2, 0.25) is 0 Å². The number of rotatable bonds is 5. The topological polar surface area (TPSA) is 61.0 Å². The van der Waals surface area contributed by atoms with Gasteiger partial charge in [-0.2, -0.15) is 0 Å². The maximum absolute atomic E-state index is 5.73. The van der Waals surface area contributed by atoms with Crippen molar-refractivity contribution in [1.29, 1.82) is 0 Å². The lowest BCUT2D eigenvalue weighted by Crippen LogP contribution is -2.06. The third kappa shape index (κ3) is 3.51. The molecule has 94 valence electrons. The van der Waals surface area contributed by atoms with Crippen LogP contribution in [0.5, 0.6) is 5.75 Å². The molecule has 18 heavy (non-hydrogen) atoms. The van der Waals surface area contributed by atoms with E-state index in [0.717, 1.165) is 22.2 Å². The van der Waals surface area contributed by atoms with Crippen molar-refractivity contribution in [2.45, 2.75) is 13.0 Å².